The third-order valence-electron chi connectivity index (χ3n) is 7.83. The van der Waals surface area contributed by atoms with Crippen molar-refractivity contribution in [1.82, 2.24) is 9.80 Å². The van der Waals surface area contributed by atoms with E-state index in [1.807, 2.05) is 32.9 Å². The molecule has 1 aliphatic carbocycles. The van der Waals surface area contributed by atoms with Crippen molar-refractivity contribution in [1.29, 1.82) is 0 Å². The van der Waals surface area contributed by atoms with Crippen molar-refractivity contribution in [3.05, 3.63) is 40.1 Å². The number of aliphatic hydroxyl groups is 1. The maximum absolute atomic E-state index is 12.9. The standard InChI is InChI=1S/C28H40N2O7/c1-19-16-20(2)24(21(3)17-19)25-26(33)28(37-27(25)34)6-4-22(5-7-28)36-15-13-30-10-8-29(9-11-30)12-14-35-18-23(31)32/h16-17,22,33H,4-15,18H2,1-3H3,(H,31,32). The van der Waals surface area contributed by atoms with Crippen molar-refractivity contribution >= 4 is 17.5 Å². The molecule has 1 aromatic rings. The summed E-state index contributed by atoms with van der Waals surface area (Å²) in [6, 6.07) is 4.06. The lowest BCUT2D eigenvalue weighted by molar-refractivity contribution is -0.152. The lowest BCUT2D eigenvalue weighted by Crippen LogP contribution is -2.48. The molecule has 0 radical (unpaired) electrons. The molecule has 2 heterocycles. The molecular weight excluding hydrogens is 476 g/mol. The SMILES string of the molecule is Cc1cc(C)c(C2=C(O)C3(CCC(OCCN4CCN(CCOCC(=O)O)CC4)CC3)OC2=O)c(C)c1. The highest BCUT2D eigenvalue weighted by Crippen LogP contribution is 2.46. The zero-order valence-corrected chi connectivity index (χ0v) is 22.3. The van der Waals surface area contributed by atoms with Crippen molar-refractivity contribution < 1.29 is 34.0 Å². The van der Waals surface area contributed by atoms with Crippen LogP contribution in [0.4, 0.5) is 0 Å². The Morgan fingerprint density at radius 2 is 1.59 bits per heavy atom. The van der Waals surface area contributed by atoms with E-state index in [-0.39, 0.29) is 18.5 Å². The van der Waals surface area contributed by atoms with Gasteiger partial charge in [-0.15, -0.1) is 0 Å². The minimum absolute atomic E-state index is 0.0808. The fourth-order valence-electron chi connectivity index (χ4n) is 5.90. The van der Waals surface area contributed by atoms with Crippen molar-refractivity contribution in [2.24, 2.45) is 0 Å². The second-order valence-corrected chi connectivity index (χ2v) is 10.6. The molecular formula is C28H40N2O7. The molecule has 0 unspecified atom stereocenters. The van der Waals surface area contributed by atoms with E-state index in [0.29, 0.717) is 31.6 Å². The highest BCUT2D eigenvalue weighted by Gasteiger charge is 2.51. The van der Waals surface area contributed by atoms with Gasteiger partial charge in [0.2, 0.25) is 0 Å². The van der Waals surface area contributed by atoms with E-state index in [2.05, 4.69) is 9.80 Å². The van der Waals surface area contributed by atoms with E-state index in [1.54, 1.807) is 0 Å². The Kier molecular flexibility index (Phi) is 8.90. The molecule has 1 saturated carbocycles. The molecule has 2 fully saturated rings. The van der Waals surface area contributed by atoms with Crippen LogP contribution >= 0.6 is 0 Å². The average Bonchev–Trinajstić information content (AvgIpc) is 3.08. The molecule has 0 atom stereocenters. The minimum Gasteiger partial charge on any atom is -0.507 e. The Morgan fingerprint density at radius 3 is 2.16 bits per heavy atom. The summed E-state index contributed by atoms with van der Waals surface area (Å²) in [7, 11) is 0. The van der Waals surface area contributed by atoms with E-state index < -0.39 is 17.5 Å². The molecule has 204 valence electrons. The number of aryl methyl sites for hydroxylation is 3. The summed E-state index contributed by atoms with van der Waals surface area (Å²) in [5, 5.41) is 19.8. The molecule has 1 saturated heterocycles. The molecule has 0 aromatic heterocycles. The number of carbonyl (C=O) groups excluding carboxylic acids is 1. The third-order valence-corrected chi connectivity index (χ3v) is 7.83. The van der Waals surface area contributed by atoms with Crippen molar-refractivity contribution in [3.8, 4) is 0 Å². The second kappa shape index (κ2) is 11.9. The number of rotatable bonds is 10. The number of carboxylic acid groups (broad SMARTS) is 1. The summed E-state index contributed by atoms with van der Waals surface area (Å²) in [6.45, 7) is 12.2. The Bertz CT molecular complexity index is 998. The topological polar surface area (TPSA) is 109 Å². The smallest absolute Gasteiger partial charge is 0.343 e. The van der Waals surface area contributed by atoms with Crippen LogP contribution in [0.5, 0.6) is 0 Å². The molecule has 0 bridgehead atoms. The molecule has 0 amide bonds. The first-order valence-electron chi connectivity index (χ1n) is 13.3. The lowest BCUT2D eigenvalue weighted by Gasteiger charge is -2.37. The number of carbonyl (C=O) groups is 2. The van der Waals surface area contributed by atoms with Gasteiger partial charge in [-0.25, -0.2) is 9.59 Å². The van der Waals surface area contributed by atoms with E-state index in [9.17, 15) is 14.7 Å². The largest absolute Gasteiger partial charge is 0.507 e. The quantitative estimate of drug-likeness (QED) is 0.358. The van der Waals surface area contributed by atoms with Gasteiger partial charge in [0.15, 0.2) is 11.4 Å². The summed E-state index contributed by atoms with van der Waals surface area (Å²) >= 11 is 0. The molecule has 9 heteroatoms. The van der Waals surface area contributed by atoms with Gasteiger partial charge >= 0.3 is 11.9 Å². The van der Waals surface area contributed by atoms with Gasteiger partial charge in [-0.1, -0.05) is 17.7 Å². The summed E-state index contributed by atoms with van der Waals surface area (Å²) < 4.78 is 17.1. The van der Waals surface area contributed by atoms with Gasteiger partial charge in [-0.05, 0) is 63.1 Å². The van der Waals surface area contributed by atoms with Crippen LogP contribution in [-0.2, 0) is 23.8 Å². The number of esters is 1. The van der Waals surface area contributed by atoms with Crippen LogP contribution < -0.4 is 0 Å². The maximum Gasteiger partial charge on any atom is 0.343 e. The zero-order chi connectivity index (χ0) is 26.6. The highest BCUT2D eigenvalue weighted by atomic mass is 16.6. The molecule has 2 N–H and O–H groups in total. The van der Waals surface area contributed by atoms with Crippen LogP contribution in [0.25, 0.3) is 5.57 Å². The third kappa shape index (κ3) is 6.52. The molecule has 2 aliphatic heterocycles. The van der Waals surface area contributed by atoms with Crippen molar-refractivity contribution in [2.45, 2.75) is 58.2 Å². The number of nitrogens with zero attached hydrogens (tertiary/aromatic N) is 2. The number of aliphatic hydroxyl groups excluding tert-OH is 1. The average molecular weight is 517 g/mol. The summed E-state index contributed by atoms with van der Waals surface area (Å²) in [5.74, 6) is -1.29. The van der Waals surface area contributed by atoms with Gasteiger partial charge in [0.05, 0.1) is 19.3 Å². The van der Waals surface area contributed by atoms with Crippen molar-refractivity contribution in [3.63, 3.8) is 0 Å². The second-order valence-electron chi connectivity index (χ2n) is 10.6. The molecule has 3 aliphatic rings. The predicted molar refractivity (Wildman–Crippen MR) is 139 cm³/mol. The monoisotopic (exact) mass is 516 g/mol. The van der Waals surface area contributed by atoms with Crippen LogP contribution in [0.2, 0.25) is 0 Å². The Labute approximate surface area is 219 Å². The van der Waals surface area contributed by atoms with Gasteiger partial charge in [-0.2, -0.15) is 0 Å². The van der Waals surface area contributed by atoms with E-state index in [0.717, 1.165) is 74.4 Å². The minimum atomic E-state index is -0.937. The summed E-state index contributed by atoms with van der Waals surface area (Å²) in [4.78, 5) is 28.1. The highest BCUT2D eigenvalue weighted by molar-refractivity contribution is 6.20. The van der Waals surface area contributed by atoms with E-state index in [4.69, 9.17) is 19.3 Å². The van der Waals surface area contributed by atoms with Crippen LogP contribution in [0.3, 0.4) is 0 Å². The summed E-state index contributed by atoms with van der Waals surface area (Å²) in [6.07, 6.45) is 2.69. The fourth-order valence-corrected chi connectivity index (χ4v) is 5.90. The van der Waals surface area contributed by atoms with E-state index in [1.165, 1.54) is 0 Å². The molecule has 1 aromatic carbocycles. The Balaban J connectivity index is 1.21. The number of piperazine rings is 1. The first-order valence-corrected chi connectivity index (χ1v) is 13.3. The number of aliphatic carboxylic acids is 1. The summed E-state index contributed by atoms with van der Waals surface area (Å²) in [5.41, 5.74) is 3.25. The van der Waals surface area contributed by atoms with Crippen molar-refractivity contribution in [2.75, 3.05) is 59.1 Å². The normalized spacial score (nSPS) is 25.2. The number of hydrogen-bond donors (Lipinski definition) is 2. The van der Waals surface area contributed by atoms with Crippen LogP contribution in [0.1, 0.15) is 47.9 Å². The maximum atomic E-state index is 12.9. The van der Waals surface area contributed by atoms with E-state index >= 15 is 0 Å². The number of hydrogen-bond acceptors (Lipinski definition) is 8. The molecule has 9 nitrogen and oxygen atoms in total. The Morgan fingerprint density at radius 1 is 1.03 bits per heavy atom. The van der Waals surface area contributed by atoms with Gasteiger partial charge in [-0.3, -0.25) is 9.80 Å². The van der Waals surface area contributed by atoms with Crippen LogP contribution in [0, 0.1) is 20.8 Å². The van der Waals surface area contributed by atoms with Gasteiger partial charge in [0.25, 0.3) is 0 Å². The van der Waals surface area contributed by atoms with Gasteiger partial charge < -0.3 is 24.4 Å². The van der Waals surface area contributed by atoms with Crippen LogP contribution in [0.15, 0.2) is 17.9 Å². The first kappa shape index (κ1) is 27.6. The molecule has 1 spiro atoms. The molecule has 4 rings (SSSR count). The zero-order valence-electron chi connectivity index (χ0n) is 22.3. The Hall–Kier alpha value is -2.46. The fraction of sp³-hybridized carbons (Fsp3) is 0.643. The first-order chi connectivity index (χ1) is 17.7. The number of benzene rings is 1. The molecule has 37 heavy (non-hydrogen) atoms. The lowest BCUT2D eigenvalue weighted by atomic mass is 9.80. The van der Waals surface area contributed by atoms with Crippen LogP contribution in [-0.4, -0.2) is 103 Å². The van der Waals surface area contributed by atoms with Gasteiger partial charge in [0, 0.05) is 39.3 Å². The predicted octanol–water partition coefficient (Wildman–Crippen LogP) is 2.85. The van der Waals surface area contributed by atoms with Gasteiger partial charge in [0.1, 0.15) is 12.2 Å². The number of carboxylic acids is 1. The number of ether oxygens (including phenoxy) is 3.